The lowest BCUT2D eigenvalue weighted by molar-refractivity contribution is -0.127. The Kier molecular flexibility index (Phi) is 8.32. The van der Waals surface area contributed by atoms with Crippen LogP contribution >= 0.6 is 23.1 Å². The first-order valence-corrected chi connectivity index (χ1v) is 15.0. The molecule has 4 heterocycles. The number of carbonyl (C=O) groups is 2. The number of ether oxygens (including phenoxy) is 1. The summed E-state index contributed by atoms with van der Waals surface area (Å²) in [7, 11) is 0. The Morgan fingerprint density at radius 1 is 1.16 bits per heavy atom. The fraction of sp³-hybridized carbons (Fsp3) is 0.464. The van der Waals surface area contributed by atoms with Crippen molar-refractivity contribution in [3.63, 3.8) is 0 Å². The van der Waals surface area contributed by atoms with Crippen LogP contribution in [-0.4, -0.2) is 78.8 Å². The van der Waals surface area contributed by atoms with Crippen LogP contribution in [0.5, 0.6) is 0 Å². The molecule has 2 aromatic heterocycles. The Morgan fingerprint density at radius 2 is 2.00 bits per heavy atom. The molecule has 1 aromatic carbocycles. The van der Waals surface area contributed by atoms with Crippen LogP contribution in [-0.2, 0) is 16.1 Å². The second-order valence-electron chi connectivity index (χ2n) is 9.60. The first-order chi connectivity index (χ1) is 18.0. The molecule has 0 aliphatic carbocycles. The molecule has 37 heavy (non-hydrogen) atoms. The van der Waals surface area contributed by atoms with Crippen molar-refractivity contribution in [2.45, 2.75) is 37.6 Å². The Bertz CT molecular complexity index is 1270. The van der Waals surface area contributed by atoms with Crippen molar-refractivity contribution in [1.82, 2.24) is 14.8 Å². The number of nitrogens with zero attached hydrogens (tertiary/aromatic N) is 4. The van der Waals surface area contributed by atoms with E-state index in [0.717, 1.165) is 64.5 Å². The fourth-order valence-corrected chi connectivity index (χ4v) is 6.30. The quantitative estimate of drug-likeness (QED) is 0.364. The van der Waals surface area contributed by atoms with E-state index in [1.165, 1.54) is 16.2 Å². The highest BCUT2D eigenvalue weighted by Crippen LogP contribution is 2.29. The summed E-state index contributed by atoms with van der Waals surface area (Å²) in [5.74, 6) is 1.20. The molecule has 0 atom stereocenters. The fourth-order valence-electron chi connectivity index (χ4n) is 5.03. The third kappa shape index (κ3) is 6.10. The standard InChI is InChI=1S/C28H34N4O3S2/c1-20-6-9-25(37-20)28(34)32(12-4-11-30-10-3-5-26(30)33)19-22-17-21-7-8-23(36-2)18-24(21)29-27(22)31-13-15-35-16-14-31/h6-9,17-18H,3-5,10-16,19H2,1-2H3. The molecule has 0 radical (unpaired) electrons. The summed E-state index contributed by atoms with van der Waals surface area (Å²) in [6, 6.07) is 12.5. The molecule has 3 aromatic rings. The maximum Gasteiger partial charge on any atom is 0.264 e. The van der Waals surface area contributed by atoms with Crippen molar-refractivity contribution in [3.05, 3.63) is 51.7 Å². The SMILES string of the molecule is CSc1ccc2cc(CN(CCCN3CCCC3=O)C(=O)c3ccc(C)s3)c(N3CCOCC3)nc2c1. The maximum absolute atomic E-state index is 13.7. The number of morpholine rings is 1. The van der Waals surface area contributed by atoms with Crippen molar-refractivity contribution >= 4 is 51.6 Å². The molecule has 2 fully saturated rings. The predicted octanol–water partition coefficient (Wildman–Crippen LogP) is 4.82. The lowest BCUT2D eigenvalue weighted by Gasteiger charge is -2.31. The number of hydrogen-bond acceptors (Lipinski definition) is 7. The smallest absolute Gasteiger partial charge is 0.264 e. The summed E-state index contributed by atoms with van der Waals surface area (Å²) < 4.78 is 5.61. The van der Waals surface area contributed by atoms with Gasteiger partial charge in [-0.25, -0.2) is 4.98 Å². The van der Waals surface area contributed by atoms with Crippen LogP contribution < -0.4 is 4.90 Å². The van der Waals surface area contributed by atoms with E-state index < -0.39 is 0 Å². The predicted molar refractivity (Wildman–Crippen MR) is 151 cm³/mol. The Morgan fingerprint density at radius 3 is 2.70 bits per heavy atom. The topological polar surface area (TPSA) is 66.0 Å². The van der Waals surface area contributed by atoms with Gasteiger partial charge >= 0.3 is 0 Å². The molecular formula is C28H34N4O3S2. The summed E-state index contributed by atoms with van der Waals surface area (Å²) in [5.41, 5.74) is 2.02. The molecule has 0 unspecified atom stereocenters. The lowest BCUT2D eigenvalue weighted by atomic mass is 10.1. The van der Waals surface area contributed by atoms with E-state index in [0.29, 0.717) is 39.3 Å². The average Bonchev–Trinajstić information content (AvgIpc) is 3.55. The van der Waals surface area contributed by atoms with Crippen LogP contribution in [0.1, 0.15) is 39.4 Å². The number of likely N-dealkylation sites (tertiary alicyclic amines) is 1. The van der Waals surface area contributed by atoms with Crippen LogP contribution in [0.15, 0.2) is 41.3 Å². The number of amides is 2. The number of thioether (sulfide) groups is 1. The summed E-state index contributed by atoms with van der Waals surface area (Å²) in [6.07, 6.45) is 4.40. The number of carbonyl (C=O) groups excluding carboxylic acids is 2. The van der Waals surface area contributed by atoms with E-state index in [1.54, 1.807) is 11.8 Å². The van der Waals surface area contributed by atoms with Gasteiger partial charge in [0.1, 0.15) is 5.82 Å². The van der Waals surface area contributed by atoms with E-state index in [2.05, 4.69) is 35.4 Å². The third-order valence-electron chi connectivity index (χ3n) is 7.02. The summed E-state index contributed by atoms with van der Waals surface area (Å²) in [5, 5.41) is 1.08. The molecule has 5 rings (SSSR count). The molecule has 2 aliphatic rings. The molecule has 0 N–H and O–H groups in total. The van der Waals surface area contributed by atoms with Gasteiger partial charge in [-0.1, -0.05) is 6.07 Å². The number of aryl methyl sites for hydroxylation is 1. The molecule has 2 saturated heterocycles. The Labute approximate surface area is 226 Å². The highest BCUT2D eigenvalue weighted by molar-refractivity contribution is 7.98. The van der Waals surface area contributed by atoms with Gasteiger partial charge in [-0.15, -0.1) is 23.1 Å². The molecule has 2 amide bonds. The molecule has 2 aliphatic heterocycles. The van der Waals surface area contributed by atoms with Crippen LogP contribution in [0.25, 0.3) is 10.9 Å². The van der Waals surface area contributed by atoms with Gasteiger partial charge in [-0.2, -0.15) is 0 Å². The first-order valence-electron chi connectivity index (χ1n) is 13.0. The van der Waals surface area contributed by atoms with E-state index >= 15 is 0 Å². The second kappa shape index (κ2) is 11.8. The number of rotatable bonds is 9. The first kappa shape index (κ1) is 26.0. The molecule has 196 valence electrons. The third-order valence-corrected chi connectivity index (χ3v) is 8.73. The van der Waals surface area contributed by atoms with Gasteiger partial charge in [-0.05, 0) is 56.4 Å². The number of fused-ring (bicyclic) bond motifs is 1. The normalized spacial score (nSPS) is 16.1. The average molecular weight is 539 g/mol. The number of aromatic nitrogens is 1. The highest BCUT2D eigenvalue weighted by atomic mass is 32.2. The van der Waals surface area contributed by atoms with Crippen LogP contribution in [0.2, 0.25) is 0 Å². The minimum absolute atomic E-state index is 0.0385. The van der Waals surface area contributed by atoms with Crippen molar-refractivity contribution in [2.24, 2.45) is 0 Å². The van der Waals surface area contributed by atoms with Gasteiger partial charge in [-0.3, -0.25) is 9.59 Å². The largest absolute Gasteiger partial charge is 0.378 e. The number of thiophene rings is 1. The zero-order valence-electron chi connectivity index (χ0n) is 21.6. The molecule has 0 spiro atoms. The summed E-state index contributed by atoms with van der Waals surface area (Å²) in [4.78, 5) is 40.1. The van der Waals surface area contributed by atoms with Crippen LogP contribution in [0, 0.1) is 6.92 Å². The van der Waals surface area contributed by atoms with Gasteiger partial charge < -0.3 is 19.4 Å². The molecule has 9 heteroatoms. The zero-order valence-corrected chi connectivity index (χ0v) is 23.2. The van der Waals surface area contributed by atoms with E-state index in [-0.39, 0.29) is 11.8 Å². The minimum atomic E-state index is 0.0385. The van der Waals surface area contributed by atoms with E-state index in [9.17, 15) is 9.59 Å². The van der Waals surface area contributed by atoms with E-state index in [4.69, 9.17) is 9.72 Å². The van der Waals surface area contributed by atoms with Gasteiger partial charge in [0.25, 0.3) is 5.91 Å². The minimum Gasteiger partial charge on any atom is -0.378 e. The van der Waals surface area contributed by atoms with Crippen molar-refractivity contribution in [3.8, 4) is 0 Å². The van der Waals surface area contributed by atoms with E-state index in [1.807, 2.05) is 28.9 Å². The van der Waals surface area contributed by atoms with Gasteiger partial charge in [0, 0.05) is 66.4 Å². The number of pyridine rings is 1. The molecule has 0 bridgehead atoms. The monoisotopic (exact) mass is 538 g/mol. The van der Waals surface area contributed by atoms with Gasteiger partial charge in [0.15, 0.2) is 0 Å². The number of benzene rings is 1. The van der Waals surface area contributed by atoms with Crippen molar-refractivity contribution in [2.75, 3.05) is 57.1 Å². The zero-order chi connectivity index (χ0) is 25.8. The number of anilines is 1. The lowest BCUT2D eigenvalue weighted by Crippen LogP contribution is -2.39. The van der Waals surface area contributed by atoms with Crippen molar-refractivity contribution in [1.29, 1.82) is 0 Å². The molecule has 7 nitrogen and oxygen atoms in total. The number of hydrogen-bond donors (Lipinski definition) is 0. The second-order valence-corrected chi connectivity index (χ2v) is 11.8. The van der Waals surface area contributed by atoms with Crippen LogP contribution in [0.4, 0.5) is 5.82 Å². The maximum atomic E-state index is 13.7. The Hall–Kier alpha value is -2.62. The summed E-state index contributed by atoms with van der Waals surface area (Å²) in [6.45, 7) is 7.51. The molecular weight excluding hydrogens is 504 g/mol. The highest BCUT2D eigenvalue weighted by Gasteiger charge is 2.24. The Balaban J connectivity index is 1.45. The summed E-state index contributed by atoms with van der Waals surface area (Å²) >= 11 is 3.24. The van der Waals surface area contributed by atoms with Crippen molar-refractivity contribution < 1.29 is 14.3 Å². The van der Waals surface area contributed by atoms with Crippen LogP contribution in [0.3, 0.4) is 0 Å². The van der Waals surface area contributed by atoms with Gasteiger partial charge in [0.05, 0.1) is 23.6 Å². The molecule has 0 saturated carbocycles. The van der Waals surface area contributed by atoms with Gasteiger partial charge in [0.2, 0.25) is 5.91 Å².